The third-order valence-corrected chi connectivity index (χ3v) is 14.4. The Morgan fingerprint density at radius 2 is 1.58 bits per heavy atom. The van der Waals surface area contributed by atoms with Crippen LogP contribution in [0.25, 0.3) is 0 Å². The molecule has 0 spiro atoms. The van der Waals surface area contributed by atoms with Gasteiger partial charge in [0.1, 0.15) is 0 Å². The SMILES string of the molecule is C=CC[C@@]1(O)CC[C@]2(C)[C@H]3CC[C@@H]4[C@H]5[C@H](C(=C)C)CC[C@]5(C(=O)O)CC[C@@]4(C)[C@]3(C)CC[C@H]2C1(C)C. The van der Waals surface area contributed by atoms with Crippen molar-refractivity contribution < 1.29 is 15.0 Å². The molecular weight excluding hydrogens is 444 g/mol. The molecule has 5 aliphatic rings. The number of hydrogen-bond acceptors (Lipinski definition) is 2. The molecular formula is C33H52O3. The molecule has 10 atom stereocenters. The van der Waals surface area contributed by atoms with Gasteiger partial charge in [-0.05, 0) is 129 Å². The zero-order valence-electron chi connectivity index (χ0n) is 24.0. The van der Waals surface area contributed by atoms with Crippen molar-refractivity contribution in [3.8, 4) is 0 Å². The molecule has 36 heavy (non-hydrogen) atoms. The van der Waals surface area contributed by atoms with E-state index in [2.05, 4.69) is 54.7 Å². The first-order chi connectivity index (χ1) is 16.6. The minimum Gasteiger partial charge on any atom is -0.481 e. The molecule has 0 bridgehead atoms. The van der Waals surface area contributed by atoms with E-state index in [4.69, 9.17) is 0 Å². The maximum absolute atomic E-state index is 12.8. The second kappa shape index (κ2) is 7.96. The van der Waals surface area contributed by atoms with Crippen LogP contribution in [0.2, 0.25) is 0 Å². The molecule has 5 rings (SSSR count). The zero-order chi connectivity index (χ0) is 26.5. The van der Waals surface area contributed by atoms with Gasteiger partial charge in [-0.3, -0.25) is 4.79 Å². The van der Waals surface area contributed by atoms with Gasteiger partial charge < -0.3 is 10.2 Å². The summed E-state index contributed by atoms with van der Waals surface area (Å²) < 4.78 is 0. The Balaban J connectivity index is 1.55. The highest BCUT2D eigenvalue weighted by molar-refractivity contribution is 5.76. The largest absolute Gasteiger partial charge is 0.481 e. The van der Waals surface area contributed by atoms with Crippen molar-refractivity contribution >= 4 is 5.97 Å². The van der Waals surface area contributed by atoms with Gasteiger partial charge in [0.05, 0.1) is 11.0 Å². The van der Waals surface area contributed by atoms with Crippen molar-refractivity contribution in [3.63, 3.8) is 0 Å². The van der Waals surface area contributed by atoms with Crippen LogP contribution in [-0.2, 0) is 4.79 Å². The fourth-order valence-corrected chi connectivity index (χ4v) is 12.1. The van der Waals surface area contributed by atoms with Crippen molar-refractivity contribution in [2.45, 2.75) is 118 Å². The number of allylic oxidation sites excluding steroid dienone is 1. The Kier molecular flexibility index (Phi) is 5.87. The van der Waals surface area contributed by atoms with Crippen LogP contribution in [0.5, 0.6) is 0 Å². The van der Waals surface area contributed by atoms with Crippen LogP contribution in [-0.4, -0.2) is 21.8 Å². The standard InChI is InChI=1S/C33H52O3/c1-9-14-33(36)20-17-29(6)24(28(33,4)5)13-15-31(8)25(29)11-10-23-26-22(21(2)3)12-16-32(26,27(34)35)19-18-30(23,31)7/h9,22-26,36H,1-2,10-20H2,3-8H3,(H,34,35)/t22-,23+,24-,25+,26+,29-,30+,31+,32-,33+/m0/s1. The molecule has 0 heterocycles. The lowest BCUT2D eigenvalue weighted by atomic mass is 9.31. The molecule has 202 valence electrons. The monoisotopic (exact) mass is 496 g/mol. The molecule has 3 nitrogen and oxygen atoms in total. The average molecular weight is 497 g/mol. The molecule has 0 saturated heterocycles. The van der Waals surface area contributed by atoms with Gasteiger partial charge in [-0.25, -0.2) is 0 Å². The second-order valence-corrected chi connectivity index (χ2v) is 15.4. The Hall–Kier alpha value is -1.09. The lowest BCUT2D eigenvalue weighted by Crippen LogP contribution is -2.68. The highest BCUT2D eigenvalue weighted by Gasteiger charge is 2.72. The van der Waals surface area contributed by atoms with Crippen LogP contribution < -0.4 is 0 Å². The highest BCUT2D eigenvalue weighted by atomic mass is 16.4. The fraction of sp³-hybridized carbons (Fsp3) is 0.848. The number of carboxylic acids is 1. The minimum atomic E-state index is -0.668. The third kappa shape index (κ3) is 2.99. The van der Waals surface area contributed by atoms with Gasteiger partial charge in [-0.15, -0.1) is 6.58 Å². The van der Waals surface area contributed by atoms with Crippen LogP contribution in [0.3, 0.4) is 0 Å². The topological polar surface area (TPSA) is 57.5 Å². The van der Waals surface area contributed by atoms with Gasteiger partial charge in [0, 0.05) is 0 Å². The summed E-state index contributed by atoms with van der Waals surface area (Å²) in [5, 5.41) is 22.3. The molecule has 5 aliphatic carbocycles. The summed E-state index contributed by atoms with van der Waals surface area (Å²) >= 11 is 0. The molecule has 0 amide bonds. The van der Waals surface area contributed by atoms with Gasteiger partial charge in [0.25, 0.3) is 0 Å². The van der Waals surface area contributed by atoms with E-state index in [1.807, 2.05) is 6.08 Å². The first-order valence-electron chi connectivity index (χ1n) is 14.9. The van der Waals surface area contributed by atoms with Crippen LogP contribution in [0.4, 0.5) is 0 Å². The van der Waals surface area contributed by atoms with Crippen LogP contribution in [0.15, 0.2) is 24.8 Å². The van der Waals surface area contributed by atoms with E-state index in [0.29, 0.717) is 30.1 Å². The normalized spacial score (nSPS) is 53.4. The van der Waals surface area contributed by atoms with E-state index in [0.717, 1.165) is 51.4 Å². The summed E-state index contributed by atoms with van der Waals surface area (Å²) in [5.74, 6) is 1.62. The van der Waals surface area contributed by atoms with Crippen molar-refractivity contribution in [1.82, 2.24) is 0 Å². The van der Waals surface area contributed by atoms with Crippen LogP contribution in [0.1, 0.15) is 112 Å². The van der Waals surface area contributed by atoms with Crippen LogP contribution >= 0.6 is 0 Å². The second-order valence-electron chi connectivity index (χ2n) is 15.4. The lowest BCUT2D eigenvalue weighted by Gasteiger charge is -2.73. The molecule has 0 aliphatic heterocycles. The molecule has 3 heteroatoms. The van der Waals surface area contributed by atoms with Gasteiger partial charge in [0.15, 0.2) is 0 Å². The third-order valence-electron chi connectivity index (χ3n) is 14.4. The van der Waals surface area contributed by atoms with Gasteiger partial charge in [-0.1, -0.05) is 52.8 Å². The van der Waals surface area contributed by atoms with Crippen molar-refractivity contribution in [2.75, 3.05) is 0 Å². The van der Waals surface area contributed by atoms with E-state index < -0.39 is 17.0 Å². The Morgan fingerprint density at radius 1 is 0.889 bits per heavy atom. The van der Waals surface area contributed by atoms with Crippen LogP contribution in [0, 0.1) is 56.7 Å². The minimum absolute atomic E-state index is 0.144. The molecule has 0 aromatic carbocycles. The molecule has 0 aromatic rings. The van der Waals surface area contributed by atoms with Gasteiger partial charge >= 0.3 is 5.97 Å². The lowest BCUT2D eigenvalue weighted by molar-refractivity contribution is -0.264. The summed E-state index contributed by atoms with van der Waals surface area (Å²) in [6.45, 7) is 22.9. The molecule has 2 N–H and O–H groups in total. The molecule has 5 fully saturated rings. The Morgan fingerprint density at radius 3 is 2.19 bits per heavy atom. The van der Waals surface area contributed by atoms with E-state index >= 15 is 0 Å². The molecule has 0 aromatic heterocycles. The molecule has 5 saturated carbocycles. The zero-order valence-corrected chi connectivity index (χ0v) is 24.0. The summed E-state index contributed by atoms with van der Waals surface area (Å²) in [7, 11) is 0. The first kappa shape index (κ1) is 26.5. The first-order valence-corrected chi connectivity index (χ1v) is 14.9. The average Bonchev–Trinajstić information content (AvgIpc) is 3.19. The quantitative estimate of drug-likeness (QED) is 0.387. The predicted molar refractivity (Wildman–Crippen MR) is 146 cm³/mol. The van der Waals surface area contributed by atoms with E-state index in [-0.39, 0.29) is 27.6 Å². The van der Waals surface area contributed by atoms with Crippen molar-refractivity contribution in [2.24, 2.45) is 56.7 Å². The maximum atomic E-state index is 12.8. The smallest absolute Gasteiger partial charge is 0.309 e. The number of aliphatic hydroxyl groups is 1. The molecule has 0 radical (unpaired) electrons. The van der Waals surface area contributed by atoms with Gasteiger partial charge in [-0.2, -0.15) is 0 Å². The van der Waals surface area contributed by atoms with E-state index in [1.54, 1.807) is 0 Å². The van der Waals surface area contributed by atoms with E-state index in [9.17, 15) is 15.0 Å². The summed E-state index contributed by atoms with van der Waals surface area (Å²) in [5.41, 5.74) is 0.413. The maximum Gasteiger partial charge on any atom is 0.309 e. The summed E-state index contributed by atoms with van der Waals surface area (Å²) in [4.78, 5) is 12.8. The highest BCUT2D eigenvalue weighted by Crippen LogP contribution is 2.78. The number of rotatable bonds is 4. The number of fused-ring (bicyclic) bond motifs is 7. The summed E-state index contributed by atoms with van der Waals surface area (Å²) in [6.07, 6.45) is 12.9. The predicted octanol–water partition coefficient (Wildman–Crippen LogP) is 8.04. The number of hydrogen-bond donors (Lipinski definition) is 2. The molecule has 0 unspecified atom stereocenters. The van der Waals surface area contributed by atoms with Crippen molar-refractivity contribution in [1.29, 1.82) is 0 Å². The number of carbonyl (C=O) groups is 1. The fourth-order valence-electron chi connectivity index (χ4n) is 12.1. The van der Waals surface area contributed by atoms with Crippen molar-refractivity contribution in [3.05, 3.63) is 24.8 Å². The Bertz CT molecular complexity index is 966. The van der Waals surface area contributed by atoms with Gasteiger partial charge in [0.2, 0.25) is 0 Å². The number of carboxylic acid groups (broad SMARTS) is 1. The number of aliphatic carboxylic acids is 1. The Labute approximate surface area is 220 Å². The summed E-state index contributed by atoms with van der Waals surface area (Å²) in [6, 6.07) is 0. The van der Waals surface area contributed by atoms with E-state index in [1.165, 1.54) is 18.4 Å².